The molecule has 1 aliphatic rings. The number of nitrogens with zero attached hydrogens (tertiary/aromatic N) is 2. The number of amides is 2. The van der Waals surface area contributed by atoms with Gasteiger partial charge < -0.3 is 15.1 Å². The van der Waals surface area contributed by atoms with Crippen molar-refractivity contribution in [2.45, 2.75) is 33.2 Å². The van der Waals surface area contributed by atoms with Gasteiger partial charge >= 0.3 is 0 Å². The van der Waals surface area contributed by atoms with Crippen molar-refractivity contribution in [1.82, 2.24) is 15.1 Å². The van der Waals surface area contributed by atoms with Crippen LogP contribution in [-0.4, -0.2) is 60.4 Å². The molecule has 5 nitrogen and oxygen atoms in total. The highest BCUT2D eigenvalue weighted by atomic mass is 16.2. The minimum atomic E-state index is -0.121. The van der Waals surface area contributed by atoms with Gasteiger partial charge in [-0.2, -0.15) is 0 Å². The van der Waals surface area contributed by atoms with E-state index in [-0.39, 0.29) is 17.9 Å². The molecule has 1 heterocycles. The predicted octanol–water partition coefficient (Wildman–Crippen LogP) is 1.99. The number of hydrogen-bond donors (Lipinski definition) is 1. The third kappa shape index (κ3) is 4.55. The van der Waals surface area contributed by atoms with Crippen molar-refractivity contribution in [3.63, 3.8) is 0 Å². The van der Waals surface area contributed by atoms with Crippen molar-refractivity contribution < 1.29 is 9.59 Å². The van der Waals surface area contributed by atoms with E-state index in [1.807, 2.05) is 18.7 Å². The average molecular weight is 317 g/mol. The molecular weight excluding hydrogens is 290 g/mol. The minimum Gasteiger partial charge on any atom is -0.350 e. The van der Waals surface area contributed by atoms with E-state index >= 15 is 0 Å². The second kappa shape index (κ2) is 8.11. The molecule has 1 N–H and O–H groups in total. The van der Waals surface area contributed by atoms with Crippen LogP contribution >= 0.6 is 0 Å². The molecule has 1 atom stereocenters. The quantitative estimate of drug-likeness (QED) is 0.903. The fourth-order valence-electron chi connectivity index (χ4n) is 2.65. The van der Waals surface area contributed by atoms with Crippen molar-refractivity contribution in [2.24, 2.45) is 0 Å². The van der Waals surface area contributed by atoms with E-state index in [2.05, 4.69) is 17.1 Å². The molecule has 2 amide bonds. The second-order valence-corrected chi connectivity index (χ2v) is 6.09. The molecule has 1 fully saturated rings. The number of carbonyl (C=O) groups is 2. The van der Waals surface area contributed by atoms with E-state index in [4.69, 9.17) is 0 Å². The van der Waals surface area contributed by atoms with Crippen molar-refractivity contribution in [1.29, 1.82) is 0 Å². The van der Waals surface area contributed by atoms with Gasteiger partial charge in [0.15, 0.2) is 0 Å². The van der Waals surface area contributed by atoms with Gasteiger partial charge in [0.1, 0.15) is 0 Å². The van der Waals surface area contributed by atoms with E-state index in [0.29, 0.717) is 11.1 Å². The predicted molar refractivity (Wildman–Crippen MR) is 91.7 cm³/mol. The number of hydrogen-bond acceptors (Lipinski definition) is 3. The van der Waals surface area contributed by atoms with Gasteiger partial charge in [-0.25, -0.2) is 0 Å². The summed E-state index contributed by atoms with van der Waals surface area (Å²) in [7, 11) is 0. The lowest BCUT2D eigenvalue weighted by atomic mass is 10.1. The lowest BCUT2D eigenvalue weighted by molar-refractivity contribution is 0.0643. The zero-order valence-electron chi connectivity index (χ0n) is 14.3. The van der Waals surface area contributed by atoms with E-state index in [0.717, 1.165) is 39.1 Å². The van der Waals surface area contributed by atoms with Crippen LogP contribution in [0, 0.1) is 0 Å². The summed E-state index contributed by atoms with van der Waals surface area (Å²) in [6, 6.07) is 7.15. The molecule has 0 radical (unpaired) electrons. The molecule has 1 saturated heterocycles. The Balaban J connectivity index is 2.04. The third-order valence-electron chi connectivity index (χ3n) is 4.47. The summed E-state index contributed by atoms with van der Waals surface area (Å²) in [5.41, 5.74) is 1.13. The van der Waals surface area contributed by atoms with Crippen LogP contribution in [0.15, 0.2) is 24.3 Å². The molecule has 23 heavy (non-hydrogen) atoms. The molecule has 0 aromatic heterocycles. The van der Waals surface area contributed by atoms with Crippen LogP contribution in [0.25, 0.3) is 0 Å². The van der Waals surface area contributed by atoms with E-state index < -0.39 is 0 Å². The van der Waals surface area contributed by atoms with Gasteiger partial charge in [0.2, 0.25) is 0 Å². The zero-order chi connectivity index (χ0) is 16.8. The van der Waals surface area contributed by atoms with Crippen LogP contribution in [0.3, 0.4) is 0 Å². The summed E-state index contributed by atoms with van der Waals surface area (Å²) in [4.78, 5) is 29.0. The molecule has 2 rings (SSSR count). The van der Waals surface area contributed by atoms with Gasteiger partial charge in [-0.3, -0.25) is 9.59 Å². The van der Waals surface area contributed by atoms with Crippen LogP contribution in [0.5, 0.6) is 0 Å². The maximum Gasteiger partial charge on any atom is 0.253 e. The first-order valence-electron chi connectivity index (χ1n) is 8.47. The Bertz CT molecular complexity index is 551. The molecule has 1 aromatic carbocycles. The lowest BCUT2D eigenvalue weighted by Gasteiger charge is -2.34. The fourth-order valence-corrected chi connectivity index (χ4v) is 2.65. The van der Waals surface area contributed by atoms with Gasteiger partial charge in [0.25, 0.3) is 11.8 Å². The molecule has 0 bridgehead atoms. The monoisotopic (exact) mass is 317 g/mol. The van der Waals surface area contributed by atoms with Crippen LogP contribution in [0.2, 0.25) is 0 Å². The summed E-state index contributed by atoms with van der Waals surface area (Å²) in [5.74, 6) is -0.108. The number of nitrogens with one attached hydrogen (secondary N) is 1. The molecular formula is C18H27N3O2. The number of likely N-dealkylation sites (N-methyl/N-ethyl adjacent to an activating group) is 1. The molecule has 1 aliphatic heterocycles. The molecule has 0 saturated carbocycles. The largest absolute Gasteiger partial charge is 0.350 e. The van der Waals surface area contributed by atoms with Gasteiger partial charge in [0.05, 0.1) is 0 Å². The molecule has 5 heteroatoms. The fraction of sp³-hybridized carbons (Fsp3) is 0.556. The summed E-state index contributed by atoms with van der Waals surface area (Å²) in [6.07, 6.45) is 0.881. The molecule has 1 unspecified atom stereocenters. The van der Waals surface area contributed by atoms with Crippen molar-refractivity contribution in [3.05, 3.63) is 35.4 Å². The maximum absolute atomic E-state index is 12.6. The molecule has 0 spiro atoms. The first kappa shape index (κ1) is 17.5. The van der Waals surface area contributed by atoms with Gasteiger partial charge in [-0.1, -0.05) is 19.9 Å². The van der Waals surface area contributed by atoms with Crippen molar-refractivity contribution in [2.75, 3.05) is 32.7 Å². The average Bonchev–Trinajstić information content (AvgIpc) is 2.61. The Morgan fingerprint density at radius 1 is 1.13 bits per heavy atom. The Kier molecular flexibility index (Phi) is 6.16. The SMILES string of the molecule is CCC(C)NC(=O)c1cccc(C(=O)N2CCN(CC)CC2)c1. The molecule has 1 aromatic rings. The van der Waals surface area contributed by atoms with Crippen LogP contribution in [0.4, 0.5) is 0 Å². The summed E-state index contributed by atoms with van der Waals surface area (Å²) in [6.45, 7) is 10.5. The number of carbonyl (C=O) groups excluding carboxylic acids is 2. The standard InChI is InChI=1S/C18H27N3O2/c1-4-14(3)19-17(22)15-7-6-8-16(13-15)18(23)21-11-9-20(5-2)10-12-21/h6-8,13-14H,4-5,9-12H2,1-3H3,(H,19,22). The third-order valence-corrected chi connectivity index (χ3v) is 4.47. The Hall–Kier alpha value is -1.88. The second-order valence-electron chi connectivity index (χ2n) is 6.09. The van der Waals surface area contributed by atoms with E-state index in [1.165, 1.54) is 0 Å². The lowest BCUT2D eigenvalue weighted by Crippen LogP contribution is -2.48. The normalized spacial score (nSPS) is 16.9. The van der Waals surface area contributed by atoms with E-state index in [9.17, 15) is 9.59 Å². The smallest absolute Gasteiger partial charge is 0.253 e. The Morgan fingerprint density at radius 2 is 1.78 bits per heavy atom. The van der Waals surface area contributed by atoms with Crippen LogP contribution < -0.4 is 5.32 Å². The van der Waals surface area contributed by atoms with Gasteiger partial charge in [0, 0.05) is 43.3 Å². The van der Waals surface area contributed by atoms with Gasteiger partial charge in [-0.15, -0.1) is 0 Å². The molecule has 126 valence electrons. The minimum absolute atomic E-state index is 0.0129. The van der Waals surface area contributed by atoms with Crippen LogP contribution in [0.1, 0.15) is 47.9 Å². The molecule has 0 aliphatic carbocycles. The van der Waals surface area contributed by atoms with Crippen molar-refractivity contribution in [3.8, 4) is 0 Å². The van der Waals surface area contributed by atoms with Crippen molar-refractivity contribution >= 4 is 11.8 Å². The van der Waals surface area contributed by atoms with E-state index in [1.54, 1.807) is 24.3 Å². The highest BCUT2D eigenvalue weighted by Gasteiger charge is 2.22. The maximum atomic E-state index is 12.6. The highest BCUT2D eigenvalue weighted by molar-refractivity contribution is 5.99. The van der Waals surface area contributed by atoms with Gasteiger partial charge in [-0.05, 0) is 38.1 Å². The number of benzene rings is 1. The summed E-state index contributed by atoms with van der Waals surface area (Å²) in [5, 5.41) is 2.93. The Morgan fingerprint density at radius 3 is 2.39 bits per heavy atom. The topological polar surface area (TPSA) is 52.7 Å². The number of piperazine rings is 1. The zero-order valence-corrected chi connectivity index (χ0v) is 14.3. The Labute approximate surface area is 138 Å². The highest BCUT2D eigenvalue weighted by Crippen LogP contribution is 2.11. The summed E-state index contributed by atoms with van der Waals surface area (Å²) < 4.78 is 0. The number of rotatable bonds is 5. The first-order chi connectivity index (χ1) is 11.0. The summed E-state index contributed by atoms with van der Waals surface area (Å²) >= 11 is 0. The first-order valence-corrected chi connectivity index (χ1v) is 8.47. The van der Waals surface area contributed by atoms with Crippen LogP contribution in [-0.2, 0) is 0 Å².